The van der Waals surface area contributed by atoms with Gasteiger partial charge < -0.3 is 26.5 Å². The number of hydrogen-bond donors (Lipinski definition) is 0. The highest BCUT2D eigenvalue weighted by atomic mass is 79.9. The van der Waals surface area contributed by atoms with E-state index < -0.39 is 7.26 Å². The number of rotatable bonds is 2. The molecule has 1 aliphatic heterocycles. The van der Waals surface area contributed by atoms with Gasteiger partial charge in [-0.2, -0.15) is 0 Å². The maximum Gasteiger partial charge on any atom is 0.191 e. The van der Waals surface area contributed by atoms with Crippen LogP contribution in [0.2, 0.25) is 0 Å². The molecular weight excluding hydrogens is 227 g/mol. The molecule has 11 heavy (non-hydrogen) atoms. The van der Waals surface area contributed by atoms with Crippen molar-refractivity contribution in [3.63, 3.8) is 0 Å². The zero-order valence-corrected chi connectivity index (χ0v) is 9.82. The standard InChI is InChI=1S/C7H16O2P.BrH/c1-10(2,3)6-7-8-4-5-9-7;/h7H,4-6H2,1-3H3;1H/q+1;/p-1. The normalized spacial score (nSPS) is 19.9. The molecule has 0 bridgehead atoms. The van der Waals surface area contributed by atoms with Gasteiger partial charge in [0.15, 0.2) is 6.29 Å². The highest BCUT2D eigenvalue weighted by Gasteiger charge is 2.27. The van der Waals surface area contributed by atoms with Crippen molar-refractivity contribution in [1.29, 1.82) is 0 Å². The Morgan fingerprint density at radius 1 is 1.18 bits per heavy atom. The van der Waals surface area contributed by atoms with Gasteiger partial charge in [0.2, 0.25) is 0 Å². The second kappa shape index (κ2) is 4.76. The summed E-state index contributed by atoms with van der Waals surface area (Å²) in [5.74, 6) is 0. The average molecular weight is 243 g/mol. The molecule has 0 aromatic carbocycles. The Kier molecular flexibility index (Phi) is 5.12. The molecule has 1 aliphatic rings. The van der Waals surface area contributed by atoms with Crippen molar-refractivity contribution in [2.45, 2.75) is 6.29 Å². The molecule has 0 unspecified atom stereocenters. The van der Waals surface area contributed by atoms with Crippen molar-refractivity contribution in [3.05, 3.63) is 0 Å². The van der Waals surface area contributed by atoms with Crippen LogP contribution in [-0.2, 0) is 9.47 Å². The van der Waals surface area contributed by atoms with Crippen molar-refractivity contribution in [1.82, 2.24) is 0 Å². The van der Waals surface area contributed by atoms with E-state index in [9.17, 15) is 0 Å². The lowest BCUT2D eigenvalue weighted by molar-refractivity contribution is -0.0225. The third-order valence-corrected chi connectivity index (χ3v) is 2.78. The van der Waals surface area contributed by atoms with Gasteiger partial charge in [0.1, 0.15) is 6.16 Å². The van der Waals surface area contributed by atoms with E-state index in [1.807, 2.05) is 0 Å². The zero-order chi connectivity index (χ0) is 7.61. The SMILES string of the molecule is C[P+](C)(C)CC1OCCO1.[Br-]. The minimum absolute atomic E-state index is 0. The van der Waals surface area contributed by atoms with E-state index in [2.05, 4.69) is 20.0 Å². The third-order valence-electron chi connectivity index (χ3n) is 1.39. The highest BCUT2D eigenvalue weighted by Crippen LogP contribution is 2.47. The molecular formula is C7H16BrO2P. The van der Waals surface area contributed by atoms with Gasteiger partial charge in [-0.3, -0.25) is 0 Å². The smallest absolute Gasteiger partial charge is 0.191 e. The fourth-order valence-electron chi connectivity index (χ4n) is 0.960. The monoisotopic (exact) mass is 242 g/mol. The summed E-state index contributed by atoms with van der Waals surface area (Å²) in [6.45, 7) is 8.48. The van der Waals surface area contributed by atoms with Crippen molar-refractivity contribution in [3.8, 4) is 0 Å². The third kappa shape index (κ3) is 5.13. The van der Waals surface area contributed by atoms with Crippen molar-refractivity contribution >= 4 is 7.26 Å². The van der Waals surface area contributed by atoms with Crippen LogP contribution in [0.1, 0.15) is 0 Å². The molecule has 2 nitrogen and oxygen atoms in total. The molecule has 1 saturated heterocycles. The van der Waals surface area contributed by atoms with E-state index in [0.717, 1.165) is 19.4 Å². The van der Waals surface area contributed by atoms with E-state index in [-0.39, 0.29) is 23.3 Å². The van der Waals surface area contributed by atoms with Gasteiger partial charge in [0, 0.05) is 27.3 Å². The van der Waals surface area contributed by atoms with Crippen LogP contribution in [0.15, 0.2) is 0 Å². The molecule has 0 aliphatic carbocycles. The summed E-state index contributed by atoms with van der Waals surface area (Å²) in [5, 5.41) is 0. The first kappa shape index (κ1) is 11.8. The average Bonchev–Trinajstić information content (AvgIpc) is 2.12. The Hall–Kier alpha value is 0.830. The first-order valence-corrected chi connectivity index (χ1v) is 6.93. The lowest BCUT2D eigenvalue weighted by atomic mass is 10.8. The first-order chi connectivity index (χ1) is 4.58. The van der Waals surface area contributed by atoms with Gasteiger partial charge in [0.05, 0.1) is 13.2 Å². The first-order valence-electron chi connectivity index (χ1n) is 3.61. The predicted molar refractivity (Wildman–Crippen MR) is 45.3 cm³/mol. The van der Waals surface area contributed by atoms with Gasteiger partial charge in [-0.15, -0.1) is 0 Å². The van der Waals surface area contributed by atoms with Crippen molar-refractivity contribution in [2.75, 3.05) is 39.4 Å². The minimum atomic E-state index is -0.715. The second-order valence-corrected chi connectivity index (χ2v) is 8.59. The van der Waals surface area contributed by atoms with Crippen LogP contribution in [0.3, 0.4) is 0 Å². The Morgan fingerprint density at radius 2 is 1.64 bits per heavy atom. The molecule has 0 spiro atoms. The molecule has 1 fully saturated rings. The summed E-state index contributed by atoms with van der Waals surface area (Å²) in [7, 11) is -0.715. The molecule has 0 radical (unpaired) electrons. The van der Waals surface area contributed by atoms with Crippen molar-refractivity contribution in [2.24, 2.45) is 0 Å². The summed E-state index contributed by atoms with van der Waals surface area (Å²) in [6, 6.07) is 0. The van der Waals surface area contributed by atoms with E-state index in [4.69, 9.17) is 9.47 Å². The zero-order valence-electron chi connectivity index (χ0n) is 7.34. The molecule has 0 N–H and O–H groups in total. The minimum Gasteiger partial charge on any atom is -1.00 e. The maximum absolute atomic E-state index is 5.33. The summed E-state index contributed by atoms with van der Waals surface area (Å²) < 4.78 is 10.7. The molecule has 0 aromatic heterocycles. The fourth-order valence-corrected chi connectivity index (χ4v) is 2.07. The van der Waals surface area contributed by atoms with Gasteiger partial charge in [-0.05, 0) is 0 Å². The van der Waals surface area contributed by atoms with Crippen LogP contribution in [0.4, 0.5) is 0 Å². The lowest BCUT2D eigenvalue weighted by Crippen LogP contribution is -3.00. The molecule has 0 aromatic rings. The largest absolute Gasteiger partial charge is 1.00 e. The van der Waals surface area contributed by atoms with E-state index >= 15 is 0 Å². The number of halogens is 1. The Labute approximate surface area is 79.7 Å². The van der Waals surface area contributed by atoms with Gasteiger partial charge in [-0.25, -0.2) is 0 Å². The number of hydrogen-bond acceptors (Lipinski definition) is 2. The van der Waals surface area contributed by atoms with E-state index in [1.165, 1.54) is 0 Å². The van der Waals surface area contributed by atoms with Crippen LogP contribution >= 0.6 is 7.26 Å². The lowest BCUT2D eigenvalue weighted by Gasteiger charge is -2.15. The van der Waals surface area contributed by atoms with E-state index in [1.54, 1.807) is 0 Å². The van der Waals surface area contributed by atoms with Crippen LogP contribution in [0, 0.1) is 0 Å². The Balaban J connectivity index is 0.000001000. The molecule has 0 atom stereocenters. The van der Waals surface area contributed by atoms with Crippen LogP contribution in [0.25, 0.3) is 0 Å². The molecule has 1 heterocycles. The van der Waals surface area contributed by atoms with Gasteiger partial charge in [-0.1, -0.05) is 0 Å². The Bertz CT molecular complexity index is 107. The van der Waals surface area contributed by atoms with Crippen molar-refractivity contribution < 1.29 is 26.5 Å². The van der Waals surface area contributed by atoms with Crippen LogP contribution in [0.5, 0.6) is 0 Å². The van der Waals surface area contributed by atoms with E-state index in [0.29, 0.717) is 0 Å². The van der Waals surface area contributed by atoms with Crippen LogP contribution < -0.4 is 17.0 Å². The molecule has 68 valence electrons. The summed E-state index contributed by atoms with van der Waals surface area (Å²) in [6.07, 6.45) is 1.21. The summed E-state index contributed by atoms with van der Waals surface area (Å²) in [5.41, 5.74) is 0. The second-order valence-electron chi connectivity index (χ2n) is 3.64. The van der Waals surface area contributed by atoms with Gasteiger partial charge in [0.25, 0.3) is 0 Å². The Morgan fingerprint density at radius 3 is 2.00 bits per heavy atom. The predicted octanol–water partition coefficient (Wildman–Crippen LogP) is -1.73. The fraction of sp³-hybridized carbons (Fsp3) is 1.00. The van der Waals surface area contributed by atoms with Gasteiger partial charge >= 0.3 is 0 Å². The summed E-state index contributed by atoms with van der Waals surface area (Å²) in [4.78, 5) is 0. The maximum atomic E-state index is 5.33. The number of ether oxygens (including phenoxy) is 2. The molecule has 0 amide bonds. The topological polar surface area (TPSA) is 18.5 Å². The molecule has 0 saturated carbocycles. The van der Waals surface area contributed by atoms with Crippen LogP contribution in [-0.4, -0.2) is 45.7 Å². The molecule has 4 heteroatoms. The quantitative estimate of drug-likeness (QED) is 0.537. The summed E-state index contributed by atoms with van der Waals surface area (Å²) >= 11 is 0. The highest BCUT2D eigenvalue weighted by molar-refractivity contribution is 7.73. The molecule has 1 rings (SSSR count).